The molecule has 2 aliphatic heterocycles. The van der Waals surface area contributed by atoms with E-state index < -0.39 is 0 Å². The predicted molar refractivity (Wildman–Crippen MR) is 105 cm³/mol. The van der Waals surface area contributed by atoms with Gasteiger partial charge in [-0.2, -0.15) is 0 Å². The quantitative estimate of drug-likeness (QED) is 0.660. The van der Waals surface area contributed by atoms with E-state index in [1.54, 1.807) is 0 Å². The van der Waals surface area contributed by atoms with Gasteiger partial charge in [-0.15, -0.1) is 0 Å². The highest BCUT2D eigenvalue weighted by molar-refractivity contribution is 5.45. The summed E-state index contributed by atoms with van der Waals surface area (Å²) >= 11 is 0. The van der Waals surface area contributed by atoms with Crippen molar-refractivity contribution in [1.29, 1.82) is 0 Å². The summed E-state index contributed by atoms with van der Waals surface area (Å²) in [6.45, 7) is 7.59. The van der Waals surface area contributed by atoms with Gasteiger partial charge in [0.1, 0.15) is 0 Å². The maximum Gasteiger partial charge on any atom is 0.0316 e. The number of nitrogen functional groups attached to an aromatic ring is 1. The highest BCUT2D eigenvalue weighted by Gasteiger charge is 2.30. The zero-order chi connectivity index (χ0) is 17.2. The van der Waals surface area contributed by atoms with E-state index in [4.69, 9.17) is 5.73 Å². The van der Waals surface area contributed by atoms with E-state index in [0.29, 0.717) is 0 Å². The van der Waals surface area contributed by atoms with E-state index >= 15 is 0 Å². The first-order chi connectivity index (χ1) is 12.2. The Hall–Kier alpha value is -1.10. The summed E-state index contributed by atoms with van der Waals surface area (Å²) < 4.78 is 0. The predicted octanol–water partition coefficient (Wildman–Crippen LogP) is 2.23. The Morgan fingerprint density at radius 2 is 1.36 bits per heavy atom. The number of nitrogens with two attached hydrogens (primary N) is 1. The van der Waals surface area contributed by atoms with Gasteiger partial charge in [0.15, 0.2) is 0 Å². The molecule has 138 valence electrons. The molecule has 0 saturated carbocycles. The fourth-order valence-corrected chi connectivity index (χ4v) is 5.08. The molecule has 1 aromatic carbocycles. The number of likely N-dealkylation sites (N-methyl/N-ethyl adjacent to an activating group) is 1. The number of aryl methyl sites for hydroxylation is 2. The summed E-state index contributed by atoms with van der Waals surface area (Å²) in [5.74, 6) is 0. The molecule has 1 atom stereocenters. The Morgan fingerprint density at radius 1 is 0.760 bits per heavy atom. The molecule has 2 fully saturated rings. The Balaban J connectivity index is 1.30. The highest BCUT2D eigenvalue weighted by atomic mass is 15.3. The van der Waals surface area contributed by atoms with Gasteiger partial charge in [-0.3, -0.25) is 4.90 Å². The standard InChI is InChI=1S/C21H34N4/c1-23-12-14-25(15-13-23)21-8-10-24(11-9-21)20-6-3-17-2-5-19(22)16-18(17)4-7-20/h2,5,16,20-21H,3-4,6-15,22H2,1H3. The fraction of sp³-hybridized carbons (Fsp3) is 0.714. The molecule has 25 heavy (non-hydrogen) atoms. The van der Waals surface area contributed by atoms with Gasteiger partial charge in [0.05, 0.1) is 0 Å². The van der Waals surface area contributed by atoms with Crippen molar-refractivity contribution < 1.29 is 0 Å². The van der Waals surface area contributed by atoms with E-state index in [1.165, 1.54) is 88.9 Å². The van der Waals surface area contributed by atoms with Crippen molar-refractivity contribution in [1.82, 2.24) is 14.7 Å². The number of hydrogen-bond donors (Lipinski definition) is 1. The lowest BCUT2D eigenvalue weighted by Crippen LogP contribution is -2.53. The molecule has 1 unspecified atom stereocenters. The second kappa shape index (κ2) is 7.65. The number of rotatable bonds is 2. The van der Waals surface area contributed by atoms with Crippen molar-refractivity contribution in [3.8, 4) is 0 Å². The number of piperazine rings is 1. The molecule has 1 aliphatic carbocycles. The molecule has 4 heteroatoms. The number of piperidine rings is 1. The van der Waals surface area contributed by atoms with Crippen LogP contribution in [0.5, 0.6) is 0 Å². The number of anilines is 1. The Morgan fingerprint density at radius 3 is 2.08 bits per heavy atom. The number of hydrogen-bond acceptors (Lipinski definition) is 4. The van der Waals surface area contributed by atoms with E-state index in [1.807, 2.05) is 0 Å². The van der Waals surface area contributed by atoms with Crippen LogP contribution in [-0.2, 0) is 12.8 Å². The zero-order valence-electron chi connectivity index (χ0n) is 15.8. The summed E-state index contributed by atoms with van der Waals surface area (Å²) in [7, 11) is 2.25. The smallest absolute Gasteiger partial charge is 0.0316 e. The molecule has 0 aromatic heterocycles. The summed E-state index contributed by atoms with van der Waals surface area (Å²) in [6.07, 6.45) is 7.76. The van der Waals surface area contributed by atoms with Crippen LogP contribution in [0.25, 0.3) is 0 Å². The normalized spacial score (nSPS) is 27.8. The van der Waals surface area contributed by atoms with Crippen LogP contribution in [0.4, 0.5) is 5.69 Å². The second-order valence-electron chi connectivity index (χ2n) is 8.37. The van der Waals surface area contributed by atoms with Crippen LogP contribution in [0.15, 0.2) is 18.2 Å². The Bertz CT molecular complexity index is 571. The lowest BCUT2D eigenvalue weighted by molar-refractivity contribution is 0.0514. The van der Waals surface area contributed by atoms with Gasteiger partial charge in [0.2, 0.25) is 0 Å². The average Bonchev–Trinajstić information content (AvgIpc) is 2.85. The van der Waals surface area contributed by atoms with Crippen LogP contribution in [-0.4, -0.2) is 73.1 Å². The molecule has 0 amide bonds. The SMILES string of the molecule is CN1CCN(C2CCN(C3CCc4ccc(N)cc4CC3)CC2)CC1. The van der Waals surface area contributed by atoms with Crippen LogP contribution in [0.3, 0.4) is 0 Å². The van der Waals surface area contributed by atoms with Crippen molar-refractivity contribution in [2.45, 2.75) is 50.6 Å². The van der Waals surface area contributed by atoms with Crippen LogP contribution >= 0.6 is 0 Å². The van der Waals surface area contributed by atoms with Crippen molar-refractivity contribution in [2.24, 2.45) is 0 Å². The summed E-state index contributed by atoms with van der Waals surface area (Å²) in [4.78, 5) is 8.01. The zero-order valence-corrected chi connectivity index (χ0v) is 15.8. The number of benzene rings is 1. The molecule has 2 saturated heterocycles. The molecule has 0 bridgehead atoms. The van der Waals surface area contributed by atoms with Gasteiger partial charge < -0.3 is 15.5 Å². The minimum Gasteiger partial charge on any atom is -0.399 e. The summed E-state index contributed by atoms with van der Waals surface area (Å²) in [5.41, 5.74) is 9.94. The summed E-state index contributed by atoms with van der Waals surface area (Å²) in [6, 6.07) is 8.12. The van der Waals surface area contributed by atoms with Gasteiger partial charge in [0, 0.05) is 44.0 Å². The van der Waals surface area contributed by atoms with E-state index in [9.17, 15) is 0 Å². The third kappa shape index (κ3) is 4.02. The Kier molecular flexibility index (Phi) is 5.30. The second-order valence-corrected chi connectivity index (χ2v) is 8.37. The van der Waals surface area contributed by atoms with Crippen LogP contribution < -0.4 is 5.73 Å². The largest absolute Gasteiger partial charge is 0.399 e. The van der Waals surface area contributed by atoms with E-state index in [2.05, 4.69) is 39.9 Å². The van der Waals surface area contributed by atoms with Crippen LogP contribution in [0.2, 0.25) is 0 Å². The molecule has 1 aromatic rings. The number of likely N-dealkylation sites (tertiary alicyclic amines) is 1. The first kappa shape index (κ1) is 17.3. The van der Waals surface area contributed by atoms with Crippen molar-refractivity contribution in [3.05, 3.63) is 29.3 Å². The van der Waals surface area contributed by atoms with Gasteiger partial charge in [-0.25, -0.2) is 0 Å². The van der Waals surface area contributed by atoms with Gasteiger partial charge in [-0.05, 0) is 81.9 Å². The van der Waals surface area contributed by atoms with E-state index in [-0.39, 0.29) is 0 Å². The fourth-order valence-electron chi connectivity index (χ4n) is 5.08. The molecule has 4 nitrogen and oxygen atoms in total. The van der Waals surface area contributed by atoms with Crippen molar-refractivity contribution in [3.63, 3.8) is 0 Å². The maximum atomic E-state index is 5.99. The first-order valence-electron chi connectivity index (χ1n) is 10.2. The average molecular weight is 343 g/mol. The van der Waals surface area contributed by atoms with Gasteiger partial charge in [0.25, 0.3) is 0 Å². The number of fused-ring (bicyclic) bond motifs is 1. The maximum absolute atomic E-state index is 5.99. The number of nitrogens with zero attached hydrogens (tertiary/aromatic N) is 3. The molecule has 3 aliphatic rings. The minimum absolute atomic E-state index is 0.766. The third-order valence-corrected chi connectivity index (χ3v) is 6.79. The minimum atomic E-state index is 0.766. The molecular formula is C21H34N4. The topological polar surface area (TPSA) is 35.7 Å². The van der Waals surface area contributed by atoms with E-state index in [0.717, 1.165) is 17.8 Å². The van der Waals surface area contributed by atoms with Crippen molar-refractivity contribution >= 4 is 5.69 Å². The lowest BCUT2D eigenvalue weighted by Gasteiger charge is -2.44. The van der Waals surface area contributed by atoms with Crippen LogP contribution in [0, 0.1) is 0 Å². The van der Waals surface area contributed by atoms with Crippen LogP contribution in [0.1, 0.15) is 36.8 Å². The third-order valence-electron chi connectivity index (χ3n) is 6.79. The molecule has 2 N–H and O–H groups in total. The Labute approximate surface area is 153 Å². The molecule has 0 radical (unpaired) electrons. The van der Waals surface area contributed by atoms with Gasteiger partial charge in [-0.1, -0.05) is 6.07 Å². The summed E-state index contributed by atoms with van der Waals surface area (Å²) in [5, 5.41) is 0. The highest BCUT2D eigenvalue weighted by Crippen LogP contribution is 2.28. The molecule has 4 rings (SSSR count). The molecule has 0 spiro atoms. The van der Waals surface area contributed by atoms with Crippen molar-refractivity contribution in [2.75, 3.05) is 52.0 Å². The molecular weight excluding hydrogens is 308 g/mol. The molecule has 2 heterocycles. The lowest BCUT2D eigenvalue weighted by atomic mass is 9.98. The monoisotopic (exact) mass is 342 g/mol. The first-order valence-corrected chi connectivity index (χ1v) is 10.2. The van der Waals surface area contributed by atoms with Gasteiger partial charge >= 0.3 is 0 Å².